The number of fused-ring (bicyclic) bond motifs is 2. The van der Waals surface area contributed by atoms with Crippen molar-refractivity contribution in [2.24, 2.45) is 0 Å². The zero-order chi connectivity index (χ0) is 18.9. The van der Waals surface area contributed by atoms with Gasteiger partial charge in [-0.15, -0.1) is 0 Å². The number of aromatic nitrogens is 2. The van der Waals surface area contributed by atoms with Crippen molar-refractivity contribution in [3.05, 3.63) is 102 Å². The molecule has 136 valence electrons. The summed E-state index contributed by atoms with van der Waals surface area (Å²) >= 11 is 0. The molecule has 3 aromatic carbocycles. The highest BCUT2D eigenvalue weighted by Gasteiger charge is 2.14. The zero-order valence-corrected chi connectivity index (χ0v) is 15.8. The molecule has 0 aliphatic rings. The van der Waals surface area contributed by atoms with Crippen LogP contribution in [0.5, 0.6) is 0 Å². The van der Waals surface area contributed by atoms with Gasteiger partial charge >= 0.3 is 0 Å². The summed E-state index contributed by atoms with van der Waals surface area (Å²) in [4.78, 5) is 4.94. The van der Waals surface area contributed by atoms with Gasteiger partial charge in [-0.2, -0.15) is 0 Å². The van der Waals surface area contributed by atoms with Crippen LogP contribution in [-0.2, 0) is 6.54 Å². The predicted octanol–water partition coefficient (Wildman–Crippen LogP) is 6.08. The van der Waals surface area contributed by atoms with Gasteiger partial charge in [-0.05, 0) is 41.0 Å². The topological polar surface area (TPSA) is 29.3 Å². The number of pyridine rings is 1. The molecule has 0 fully saturated rings. The summed E-state index contributed by atoms with van der Waals surface area (Å²) in [6.45, 7) is 2.86. The number of imidazole rings is 1. The van der Waals surface area contributed by atoms with Crippen molar-refractivity contribution in [1.29, 1.82) is 0 Å². The van der Waals surface area contributed by atoms with Crippen molar-refractivity contribution in [2.75, 3.05) is 5.32 Å². The average molecular weight is 363 g/mol. The first-order valence-electron chi connectivity index (χ1n) is 9.54. The van der Waals surface area contributed by atoms with Gasteiger partial charge in [-0.25, -0.2) is 4.98 Å². The first-order chi connectivity index (χ1) is 13.8. The van der Waals surface area contributed by atoms with E-state index in [-0.39, 0.29) is 0 Å². The van der Waals surface area contributed by atoms with E-state index in [9.17, 15) is 0 Å². The molecular formula is C25H21N3. The first kappa shape index (κ1) is 16.6. The molecule has 28 heavy (non-hydrogen) atoms. The van der Waals surface area contributed by atoms with E-state index in [2.05, 4.69) is 102 Å². The minimum Gasteiger partial charge on any atom is -0.365 e. The minimum absolute atomic E-state index is 0.753. The van der Waals surface area contributed by atoms with E-state index in [1.807, 2.05) is 6.07 Å². The second kappa shape index (κ2) is 6.86. The normalized spacial score (nSPS) is 11.2. The van der Waals surface area contributed by atoms with Crippen LogP contribution in [0.4, 0.5) is 5.82 Å². The molecule has 0 spiro atoms. The summed E-state index contributed by atoms with van der Waals surface area (Å²) in [5, 5.41) is 6.09. The number of benzene rings is 3. The Morgan fingerprint density at radius 3 is 2.46 bits per heavy atom. The number of nitrogens with one attached hydrogen (secondary N) is 1. The second-order valence-electron chi connectivity index (χ2n) is 7.14. The van der Waals surface area contributed by atoms with E-state index < -0.39 is 0 Å². The number of nitrogens with zero attached hydrogens (tertiary/aromatic N) is 2. The fraction of sp³-hybridized carbons (Fsp3) is 0.0800. The summed E-state index contributed by atoms with van der Waals surface area (Å²) in [7, 11) is 0. The van der Waals surface area contributed by atoms with Gasteiger partial charge in [0.1, 0.15) is 17.2 Å². The average Bonchev–Trinajstić information content (AvgIpc) is 3.10. The summed E-state index contributed by atoms with van der Waals surface area (Å²) < 4.78 is 2.16. The molecule has 0 bridgehead atoms. The van der Waals surface area contributed by atoms with Crippen LogP contribution in [0.3, 0.4) is 0 Å². The largest absolute Gasteiger partial charge is 0.365 e. The summed E-state index contributed by atoms with van der Waals surface area (Å²) in [6.07, 6.45) is 2.14. The fourth-order valence-corrected chi connectivity index (χ4v) is 3.64. The molecule has 3 heteroatoms. The highest BCUT2D eigenvalue weighted by atomic mass is 15.1. The van der Waals surface area contributed by atoms with Crippen molar-refractivity contribution in [1.82, 2.24) is 9.38 Å². The fourth-order valence-electron chi connectivity index (χ4n) is 3.64. The number of anilines is 1. The number of hydrogen-bond donors (Lipinski definition) is 1. The van der Waals surface area contributed by atoms with Crippen LogP contribution in [0.1, 0.15) is 11.1 Å². The van der Waals surface area contributed by atoms with Gasteiger partial charge in [0.05, 0.1) is 0 Å². The second-order valence-corrected chi connectivity index (χ2v) is 7.14. The summed E-state index contributed by atoms with van der Waals surface area (Å²) in [5.74, 6) is 1.03. The third-order valence-corrected chi connectivity index (χ3v) is 5.09. The van der Waals surface area contributed by atoms with Gasteiger partial charge in [0.25, 0.3) is 0 Å². The lowest BCUT2D eigenvalue weighted by molar-refractivity contribution is 1.08. The first-order valence-corrected chi connectivity index (χ1v) is 9.54. The maximum atomic E-state index is 4.94. The Morgan fingerprint density at radius 2 is 1.61 bits per heavy atom. The summed E-state index contributed by atoms with van der Waals surface area (Å²) in [6, 6.07) is 29.6. The quantitative estimate of drug-likeness (QED) is 0.419. The van der Waals surface area contributed by atoms with E-state index in [1.54, 1.807) is 0 Å². The molecule has 0 saturated carbocycles. The lowest BCUT2D eigenvalue weighted by atomic mass is 10.1. The Labute approximate surface area is 164 Å². The van der Waals surface area contributed by atoms with Crippen LogP contribution in [0.25, 0.3) is 27.7 Å². The van der Waals surface area contributed by atoms with Crippen molar-refractivity contribution in [3.8, 4) is 11.3 Å². The number of hydrogen-bond acceptors (Lipinski definition) is 2. The van der Waals surface area contributed by atoms with Gasteiger partial charge in [-0.3, -0.25) is 4.40 Å². The van der Waals surface area contributed by atoms with E-state index in [0.29, 0.717) is 0 Å². The smallest absolute Gasteiger partial charge is 0.139 e. The van der Waals surface area contributed by atoms with Crippen molar-refractivity contribution in [3.63, 3.8) is 0 Å². The Morgan fingerprint density at radius 1 is 0.821 bits per heavy atom. The molecule has 0 atom stereocenters. The van der Waals surface area contributed by atoms with Gasteiger partial charge in [0, 0.05) is 18.3 Å². The standard InChI is InChI=1S/C25H21N3/c1-18-11-14-23-27-24(22-13-12-20-9-5-6-10-21(20)15-22)25(28(23)17-18)26-16-19-7-3-2-4-8-19/h2-15,17,26H,16H2,1H3. The van der Waals surface area contributed by atoms with E-state index in [0.717, 1.165) is 29.3 Å². The van der Waals surface area contributed by atoms with Gasteiger partial charge in [-0.1, -0.05) is 72.8 Å². The molecule has 5 rings (SSSR count). The monoisotopic (exact) mass is 363 g/mol. The zero-order valence-electron chi connectivity index (χ0n) is 15.8. The van der Waals surface area contributed by atoms with Gasteiger partial charge in [0.15, 0.2) is 0 Å². The maximum Gasteiger partial charge on any atom is 0.139 e. The molecule has 2 aromatic heterocycles. The number of aryl methyl sites for hydroxylation is 1. The Bertz CT molecular complexity index is 1270. The Kier molecular flexibility index (Phi) is 4.06. The van der Waals surface area contributed by atoms with Crippen LogP contribution < -0.4 is 5.32 Å². The molecule has 0 aliphatic heterocycles. The van der Waals surface area contributed by atoms with Crippen molar-refractivity contribution in [2.45, 2.75) is 13.5 Å². The van der Waals surface area contributed by atoms with Crippen LogP contribution in [0, 0.1) is 6.92 Å². The highest BCUT2D eigenvalue weighted by molar-refractivity contribution is 5.89. The third kappa shape index (κ3) is 3.01. The SMILES string of the molecule is Cc1ccc2nc(-c3ccc4ccccc4c3)c(NCc3ccccc3)n2c1. The molecule has 3 nitrogen and oxygen atoms in total. The van der Waals surface area contributed by atoms with Crippen LogP contribution in [0.2, 0.25) is 0 Å². The third-order valence-electron chi connectivity index (χ3n) is 5.09. The molecule has 1 N–H and O–H groups in total. The molecule has 0 amide bonds. The van der Waals surface area contributed by atoms with Gasteiger partial charge < -0.3 is 5.32 Å². The van der Waals surface area contributed by atoms with E-state index in [1.165, 1.54) is 21.9 Å². The molecule has 2 heterocycles. The molecule has 5 aromatic rings. The molecular weight excluding hydrogens is 342 g/mol. The minimum atomic E-state index is 0.753. The number of rotatable bonds is 4. The van der Waals surface area contributed by atoms with Crippen molar-refractivity contribution >= 4 is 22.2 Å². The Hall–Kier alpha value is -3.59. The van der Waals surface area contributed by atoms with Gasteiger partial charge in [0.2, 0.25) is 0 Å². The maximum absolute atomic E-state index is 4.94. The van der Waals surface area contributed by atoms with Crippen LogP contribution in [-0.4, -0.2) is 9.38 Å². The van der Waals surface area contributed by atoms with Crippen LogP contribution >= 0.6 is 0 Å². The highest BCUT2D eigenvalue weighted by Crippen LogP contribution is 2.31. The van der Waals surface area contributed by atoms with Crippen molar-refractivity contribution < 1.29 is 0 Å². The predicted molar refractivity (Wildman–Crippen MR) is 117 cm³/mol. The molecule has 0 aliphatic carbocycles. The van der Waals surface area contributed by atoms with E-state index in [4.69, 9.17) is 4.98 Å². The van der Waals surface area contributed by atoms with Crippen LogP contribution in [0.15, 0.2) is 91.1 Å². The Balaban J connectivity index is 1.64. The molecule has 0 radical (unpaired) electrons. The lowest BCUT2D eigenvalue weighted by Crippen LogP contribution is -2.03. The summed E-state index contributed by atoms with van der Waals surface area (Å²) in [5.41, 5.74) is 5.50. The molecule has 0 saturated heterocycles. The lowest BCUT2D eigenvalue weighted by Gasteiger charge is -2.10. The molecule has 0 unspecified atom stereocenters. The van der Waals surface area contributed by atoms with E-state index >= 15 is 0 Å².